The third-order valence-corrected chi connectivity index (χ3v) is 5.09. The van der Waals surface area contributed by atoms with Crippen LogP contribution in [0.25, 0.3) is 0 Å². The Bertz CT molecular complexity index is 618. The third kappa shape index (κ3) is 3.15. The molecule has 1 aliphatic heterocycles. The summed E-state index contributed by atoms with van der Waals surface area (Å²) in [6.07, 6.45) is 3.19. The van der Waals surface area contributed by atoms with E-state index in [1.165, 1.54) is 4.68 Å². The van der Waals surface area contributed by atoms with Crippen molar-refractivity contribution in [1.29, 1.82) is 0 Å². The van der Waals surface area contributed by atoms with Crippen molar-refractivity contribution < 1.29 is 13.2 Å². The van der Waals surface area contributed by atoms with Crippen LogP contribution in [0.4, 0.5) is 0 Å². The van der Waals surface area contributed by atoms with Gasteiger partial charge in [0.1, 0.15) is 11.4 Å². The molecule has 1 saturated heterocycles. The molecule has 1 amide bonds. The lowest BCUT2D eigenvalue weighted by Crippen LogP contribution is -2.38. The van der Waals surface area contributed by atoms with E-state index in [9.17, 15) is 13.2 Å². The van der Waals surface area contributed by atoms with Crippen LogP contribution in [0.15, 0.2) is 4.90 Å². The van der Waals surface area contributed by atoms with Crippen molar-refractivity contribution >= 4 is 25.6 Å². The highest BCUT2D eigenvalue weighted by Crippen LogP contribution is 2.23. The maximum atomic E-state index is 12.2. The molecule has 0 spiro atoms. The van der Waals surface area contributed by atoms with E-state index in [1.54, 1.807) is 18.7 Å². The predicted molar refractivity (Wildman–Crippen MR) is 75.2 cm³/mol. The first-order valence-electron chi connectivity index (χ1n) is 6.57. The van der Waals surface area contributed by atoms with Gasteiger partial charge in [0.05, 0.1) is 11.4 Å². The summed E-state index contributed by atoms with van der Waals surface area (Å²) in [6, 6.07) is 0. The number of piperidine rings is 1. The molecule has 0 bridgehead atoms. The average molecular weight is 320 g/mol. The van der Waals surface area contributed by atoms with Gasteiger partial charge in [0.2, 0.25) is 5.91 Å². The van der Waals surface area contributed by atoms with Crippen molar-refractivity contribution in [2.75, 3.05) is 13.1 Å². The van der Waals surface area contributed by atoms with Crippen molar-refractivity contribution in [2.24, 2.45) is 0 Å². The molecular formula is C12H18ClN3O3S. The van der Waals surface area contributed by atoms with Crippen LogP contribution in [0, 0.1) is 13.8 Å². The number of likely N-dealkylation sites (tertiary alicyclic amines) is 1. The maximum Gasteiger partial charge on any atom is 0.264 e. The molecule has 0 atom stereocenters. The van der Waals surface area contributed by atoms with E-state index >= 15 is 0 Å². The molecule has 0 radical (unpaired) electrons. The van der Waals surface area contributed by atoms with Crippen molar-refractivity contribution in [3.05, 3.63) is 11.4 Å². The number of hydrogen-bond acceptors (Lipinski definition) is 4. The van der Waals surface area contributed by atoms with E-state index < -0.39 is 9.05 Å². The van der Waals surface area contributed by atoms with Gasteiger partial charge in [-0.05, 0) is 33.1 Å². The minimum atomic E-state index is -3.84. The Morgan fingerprint density at radius 1 is 1.25 bits per heavy atom. The van der Waals surface area contributed by atoms with Crippen molar-refractivity contribution in [2.45, 2.75) is 44.6 Å². The molecule has 0 unspecified atom stereocenters. The Morgan fingerprint density at radius 2 is 1.85 bits per heavy atom. The van der Waals surface area contributed by atoms with E-state index in [2.05, 4.69) is 5.10 Å². The second-order valence-electron chi connectivity index (χ2n) is 5.04. The summed E-state index contributed by atoms with van der Waals surface area (Å²) in [4.78, 5) is 14.0. The lowest BCUT2D eigenvalue weighted by molar-refractivity contribution is -0.132. The normalized spacial score (nSPS) is 16.4. The SMILES string of the molecule is Cc1nn(CC(=O)N2CCCCC2)c(C)c1S(=O)(=O)Cl. The Kier molecular flexibility index (Phi) is 4.39. The molecule has 1 fully saturated rings. The largest absolute Gasteiger partial charge is 0.341 e. The number of hydrogen-bond donors (Lipinski definition) is 0. The molecule has 1 aromatic rings. The lowest BCUT2D eigenvalue weighted by Gasteiger charge is -2.26. The standard InChI is InChI=1S/C12H18ClN3O3S/c1-9-12(20(13,18)19)10(2)16(14-9)8-11(17)15-6-4-3-5-7-15/h3-8H2,1-2H3. The minimum Gasteiger partial charge on any atom is -0.341 e. The summed E-state index contributed by atoms with van der Waals surface area (Å²) in [5, 5.41) is 4.12. The van der Waals surface area contributed by atoms with E-state index in [0.29, 0.717) is 11.4 Å². The minimum absolute atomic E-state index is 0.00520. The van der Waals surface area contributed by atoms with E-state index in [4.69, 9.17) is 10.7 Å². The van der Waals surface area contributed by atoms with Gasteiger partial charge in [0.25, 0.3) is 9.05 Å². The average Bonchev–Trinajstić information content (AvgIpc) is 2.64. The quantitative estimate of drug-likeness (QED) is 0.790. The first-order valence-corrected chi connectivity index (χ1v) is 8.88. The number of carbonyl (C=O) groups is 1. The van der Waals surface area contributed by atoms with Crippen LogP contribution in [0.5, 0.6) is 0 Å². The number of halogens is 1. The summed E-state index contributed by atoms with van der Waals surface area (Å²) in [5.41, 5.74) is 0.729. The zero-order valence-corrected chi connectivity index (χ0v) is 13.2. The van der Waals surface area contributed by atoms with Gasteiger partial charge in [-0.3, -0.25) is 9.48 Å². The lowest BCUT2D eigenvalue weighted by atomic mass is 10.1. The Labute approximate surface area is 123 Å². The topological polar surface area (TPSA) is 72.3 Å². The molecule has 0 aromatic carbocycles. The molecule has 0 aliphatic carbocycles. The van der Waals surface area contributed by atoms with Crippen LogP contribution in [-0.4, -0.2) is 42.1 Å². The highest BCUT2D eigenvalue weighted by Gasteiger charge is 2.24. The highest BCUT2D eigenvalue weighted by atomic mass is 35.7. The monoisotopic (exact) mass is 319 g/mol. The van der Waals surface area contributed by atoms with Gasteiger partial charge in [0, 0.05) is 23.8 Å². The summed E-state index contributed by atoms with van der Waals surface area (Å²) in [6.45, 7) is 4.76. The Morgan fingerprint density at radius 3 is 2.35 bits per heavy atom. The van der Waals surface area contributed by atoms with Crippen molar-refractivity contribution in [3.8, 4) is 0 Å². The van der Waals surface area contributed by atoms with Gasteiger partial charge in [-0.1, -0.05) is 0 Å². The molecule has 0 saturated carbocycles. The summed E-state index contributed by atoms with van der Waals surface area (Å²) < 4.78 is 24.4. The number of aromatic nitrogens is 2. The molecule has 2 rings (SSSR count). The molecule has 2 heterocycles. The number of carbonyl (C=O) groups excluding carboxylic acids is 1. The van der Waals surface area contributed by atoms with Gasteiger partial charge >= 0.3 is 0 Å². The van der Waals surface area contributed by atoms with Crippen LogP contribution in [-0.2, 0) is 20.4 Å². The van der Waals surface area contributed by atoms with E-state index in [0.717, 1.165) is 32.4 Å². The van der Waals surface area contributed by atoms with Crippen LogP contribution in [0.3, 0.4) is 0 Å². The molecule has 20 heavy (non-hydrogen) atoms. The fourth-order valence-electron chi connectivity index (χ4n) is 2.56. The third-order valence-electron chi connectivity index (χ3n) is 3.55. The molecule has 1 aliphatic rings. The fraction of sp³-hybridized carbons (Fsp3) is 0.667. The van der Waals surface area contributed by atoms with Gasteiger partial charge in [0.15, 0.2) is 0 Å². The molecule has 1 aromatic heterocycles. The summed E-state index contributed by atoms with van der Waals surface area (Å²) in [7, 11) is 1.55. The molecular weight excluding hydrogens is 302 g/mol. The second kappa shape index (κ2) is 5.73. The van der Waals surface area contributed by atoms with Crippen LogP contribution >= 0.6 is 10.7 Å². The van der Waals surface area contributed by atoms with Gasteiger partial charge in [-0.15, -0.1) is 0 Å². The first kappa shape index (κ1) is 15.3. The molecule has 8 heteroatoms. The zero-order chi connectivity index (χ0) is 14.9. The summed E-state index contributed by atoms with van der Waals surface area (Å²) in [5.74, 6) is -0.0335. The second-order valence-corrected chi connectivity index (χ2v) is 7.54. The van der Waals surface area contributed by atoms with Gasteiger partial charge in [-0.2, -0.15) is 5.10 Å². The molecule has 6 nitrogen and oxygen atoms in total. The van der Waals surface area contributed by atoms with Crippen LogP contribution in [0.1, 0.15) is 30.7 Å². The zero-order valence-electron chi connectivity index (χ0n) is 11.6. The van der Waals surface area contributed by atoms with Crippen molar-refractivity contribution in [1.82, 2.24) is 14.7 Å². The molecule has 112 valence electrons. The number of amides is 1. The first-order chi connectivity index (χ1) is 9.30. The van der Waals surface area contributed by atoms with Crippen LogP contribution < -0.4 is 0 Å². The number of rotatable bonds is 3. The number of aryl methyl sites for hydroxylation is 1. The summed E-state index contributed by atoms with van der Waals surface area (Å²) >= 11 is 0. The number of nitrogens with zero attached hydrogens (tertiary/aromatic N) is 3. The van der Waals surface area contributed by atoms with E-state index in [-0.39, 0.29) is 17.3 Å². The van der Waals surface area contributed by atoms with Crippen LogP contribution in [0.2, 0.25) is 0 Å². The van der Waals surface area contributed by atoms with Crippen molar-refractivity contribution in [3.63, 3.8) is 0 Å². The van der Waals surface area contributed by atoms with Gasteiger partial charge < -0.3 is 4.90 Å². The predicted octanol–water partition coefficient (Wildman–Crippen LogP) is 1.44. The van der Waals surface area contributed by atoms with E-state index in [1.807, 2.05) is 0 Å². The Hall–Kier alpha value is -1.08. The molecule has 0 N–H and O–H groups in total. The maximum absolute atomic E-state index is 12.2. The fourth-order valence-corrected chi connectivity index (χ4v) is 4.08. The Balaban J connectivity index is 2.20. The smallest absolute Gasteiger partial charge is 0.264 e. The van der Waals surface area contributed by atoms with Gasteiger partial charge in [-0.25, -0.2) is 8.42 Å². The highest BCUT2D eigenvalue weighted by molar-refractivity contribution is 8.13.